The molecule has 0 saturated heterocycles. The minimum absolute atomic E-state index is 0. The Morgan fingerprint density at radius 1 is 0.419 bits per heavy atom. The van der Waals surface area contributed by atoms with Crippen molar-refractivity contribution in [2.45, 2.75) is 78.6 Å². The van der Waals surface area contributed by atoms with E-state index in [9.17, 15) is 9.46 Å². The van der Waals surface area contributed by atoms with Crippen LogP contribution in [-0.2, 0) is 40.3 Å². The average molecular weight is 886 g/mol. The number of benzene rings is 5. The first-order valence-electron chi connectivity index (χ1n) is 20.5. The molecule has 62 heavy (non-hydrogen) atoms. The van der Waals surface area contributed by atoms with E-state index in [1.165, 1.54) is 0 Å². The molecule has 8 aromatic rings. The summed E-state index contributed by atoms with van der Waals surface area (Å²) >= 11 is 0. The van der Waals surface area contributed by atoms with E-state index in [0.29, 0.717) is 62.0 Å². The summed E-state index contributed by atoms with van der Waals surface area (Å²) in [7, 11) is -3.99. The van der Waals surface area contributed by atoms with Gasteiger partial charge in [-0.1, -0.05) is 123 Å². The first kappa shape index (κ1) is 41.6. The molecule has 1 atom stereocenters. The molecule has 5 aromatic carbocycles. The molecule has 0 amide bonds. The number of fused-ring (bicyclic) bond motifs is 20. The molecule has 2 aliphatic rings. The Morgan fingerprint density at radius 2 is 0.806 bits per heavy atom. The molecule has 5 heterocycles. The second-order valence-corrected chi connectivity index (χ2v) is 21.3. The van der Waals surface area contributed by atoms with Crippen molar-refractivity contribution in [2.24, 2.45) is 0 Å². The number of aromatic nitrogens is 8. The van der Waals surface area contributed by atoms with Gasteiger partial charge in [0.15, 0.2) is 0 Å². The predicted molar refractivity (Wildman–Crippen MR) is 246 cm³/mol. The van der Waals surface area contributed by atoms with Crippen molar-refractivity contribution in [1.82, 2.24) is 39.9 Å². The van der Waals surface area contributed by atoms with Crippen molar-refractivity contribution in [2.75, 3.05) is 0 Å². The molecule has 3 aromatic heterocycles. The quantitative estimate of drug-likeness (QED) is 0.132. The molecule has 8 bridgehead atoms. The van der Waals surface area contributed by atoms with Crippen LogP contribution < -0.4 is 20.6 Å². The van der Waals surface area contributed by atoms with Crippen molar-refractivity contribution in [3.63, 3.8) is 0 Å². The Bertz CT molecular complexity index is 3350. The van der Waals surface area contributed by atoms with Crippen LogP contribution in [0.25, 0.3) is 89.7 Å². The van der Waals surface area contributed by atoms with E-state index in [1.54, 1.807) is 42.5 Å². The molecule has 0 radical (unpaired) electrons. The molecule has 0 fully saturated rings. The van der Waals surface area contributed by atoms with Gasteiger partial charge >= 0.3 is 19.5 Å². The average Bonchev–Trinajstić information content (AvgIpc) is 3.94. The van der Waals surface area contributed by atoms with Gasteiger partial charge in [0.2, 0.25) is 0 Å². The zero-order valence-electron chi connectivity index (χ0n) is 36.4. The molecule has 12 heteroatoms. The third-order valence-electron chi connectivity index (χ3n) is 11.7. The second kappa shape index (κ2) is 14.4. The summed E-state index contributed by atoms with van der Waals surface area (Å²) in [4.78, 5) is 52.7. The van der Waals surface area contributed by atoms with Gasteiger partial charge in [-0.25, -0.2) is 9.97 Å². The minimum Gasteiger partial charge on any atom is -0.357 e. The monoisotopic (exact) mass is 884 g/mol. The van der Waals surface area contributed by atoms with Gasteiger partial charge in [0.1, 0.15) is 0 Å². The normalized spacial score (nSPS) is 13.7. The van der Waals surface area contributed by atoms with Gasteiger partial charge in [-0.2, -0.15) is 0 Å². The van der Waals surface area contributed by atoms with Crippen LogP contribution in [-0.4, -0.2) is 34.8 Å². The summed E-state index contributed by atoms with van der Waals surface area (Å²) in [5, 5.41) is 3.52. The zero-order valence-corrected chi connectivity index (χ0v) is 40.3. The largest absolute Gasteiger partial charge is 2.00 e. The Morgan fingerprint density at radius 3 is 1.27 bits per heavy atom. The van der Waals surface area contributed by atoms with Gasteiger partial charge in [-0.3, -0.25) is 4.57 Å². The first-order valence-corrected chi connectivity index (χ1v) is 22.2. The predicted octanol–water partition coefficient (Wildman–Crippen LogP) is 10.2. The molecule has 1 N–H and O–H groups in total. The number of hydrogen-bond acceptors (Lipinski definition) is 7. The molecular formula is C50H45N8O2PZn. The van der Waals surface area contributed by atoms with Crippen molar-refractivity contribution >= 4 is 62.1 Å². The molecular weight excluding hydrogens is 841 g/mol. The van der Waals surface area contributed by atoms with Gasteiger partial charge in [-0.05, 0) is 96.9 Å². The van der Waals surface area contributed by atoms with E-state index < -0.39 is 7.37 Å². The van der Waals surface area contributed by atoms with E-state index >= 15 is 0 Å². The zero-order chi connectivity index (χ0) is 42.8. The number of rotatable bonds is 2. The van der Waals surface area contributed by atoms with E-state index in [2.05, 4.69) is 111 Å². The summed E-state index contributed by atoms with van der Waals surface area (Å²) in [5.74, 6) is 1.81. The summed E-state index contributed by atoms with van der Waals surface area (Å²) in [6, 6.07) is 32.8. The fourth-order valence-electron chi connectivity index (χ4n) is 8.02. The van der Waals surface area contributed by atoms with Gasteiger partial charge < -0.3 is 34.8 Å². The number of nitrogens with zero attached hydrogens (tertiary/aromatic N) is 8. The third-order valence-corrected chi connectivity index (χ3v) is 13.7. The summed E-state index contributed by atoms with van der Waals surface area (Å²) < 4.78 is 14.1. The second-order valence-electron chi connectivity index (χ2n) is 19.2. The minimum atomic E-state index is -3.99. The standard InChI is InChI=1S/C50H45N8O2P.Zn/c1-48(2,3)27-15-19-32-36(23-27)44-51-40(32)53-45-38-25-29(50(7,8)9)17-21-34(38)42(55-45)57-47-39-26-31(61(59,60)30-13-11-10-12-14-30)18-22-35(39)43(58-47)56-46-37-24-28(49(4,5)6)16-20-33(37)41(52-44)54-46;/h10-26H,1-9H3,(H-2,51,52,53,54,55,56,57,58,59,60);/q-2;+2. The van der Waals surface area contributed by atoms with Crippen LogP contribution in [0, 0.1) is 0 Å². The van der Waals surface area contributed by atoms with Crippen molar-refractivity contribution in [3.05, 3.63) is 120 Å². The summed E-state index contributed by atoms with van der Waals surface area (Å²) in [6.07, 6.45) is 0. The molecule has 0 aliphatic carbocycles. The van der Waals surface area contributed by atoms with Crippen LogP contribution in [0.4, 0.5) is 0 Å². The van der Waals surface area contributed by atoms with Crippen LogP contribution in [0.5, 0.6) is 0 Å². The molecule has 304 valence electrons. The Balaban J connectivity index is 0.00000490. The summed E-state index contributed by atoms with van der Waals surface area (Å²) in [6.45, 7) is 19.6. The van der Waals surface area contributed by atoms with E-state index in [0.717, 1.165) is 49.7 Å². The van der Waals surface area contributed by atoms with Gasteiger partial charge in [0.25, 0.3) is 7.37 Å². The number of hydrogen-bond donors (Lipinski definition) is 1. The SMILES string of the molecule is CC(C)(C)c1ccc2c(c1)-c1nc-2nc2[n-]c(nc3nc(nc4[n-]c(n1)c1ccc(C(C)(C)C)cc41)-c1ccc(C(C)(C)C)cc1-3)c1ccc(P(=O)(O)c3ccccc3)cc21.[Zn+2]. The van der Waals surface area contributed by atoms with Crippen LogP contribution in [0.2, 0.25) is 0 Å². The van der Waals surface area contributed by atoms with Crippen LogP contribution >= 0.6 is 7.37 Å². The smallest absolute Gasteiger partial charge is 0.357 e. The molecule has 0 spiro atoms. The Hall–Kier alpha value is -5.73. The Kier molecular flexibility index (Phi) is 9.68. The summed E-state index contributed by atoms with van der Waals surface area (Å²) in [5.41, 5.74) is 7.91. The van der Waals surface area contributed by atoms with Crippen LogP contribution in [0.15, 0.2) is 103 Å². The molecule has 2 aliphatic heterocycles. The first-order chi connectivity index (χ1) is 28.8. The molecule has 1 unspecified atom stereocenters. The maximum absolute atomic E-state index is 14.1. The maximum atomic E-state index is 14.1. The maximum Gasteiger partial charge on any atom is 2.00 e. The van der Waals surface area contributed by atoms with Gasteiger partial charge in [0.05, 0.1) is 23.3 Å². The van der Waals surface area contributed by atoms with Crippen molar-refractivity contribution in [3.8, 4) is 45.6 Å². The van der Waals surface area contributed by atoms with Crippen LogP contribution in [0.3, 0.4) is 0 Å². The third kappa shape index (κ3) is 7.01. The van der Waals surface area contributed by atoms with E-state index in [-0.39, 0.29) is 41.0 Å². The fraction of sp³-hybridized carbons (Fsp3) is 0.240. The fourth-order valence-corrected chi connectivity index (χ4v) is 9.47. The van der Waals surface area contributed by atoms with Crippen molar-refractivity contribution < 1.29 is 28.9 Å². The van der Waals surface area contributed by atoms with E-state index in [1.807, 2.05) is 12.1 Å². The molecule has 10 rings (SSSR count). The molecule has 0 saturated carbocycles. The topological polar surface area (TPSA) is 143 Å². The van der Waals surface area contributed by atoms with Gasteiger partial charge in [0, 0.05) is 55.5 Å². The Labute approximate surface area is 373 Å². The van der Waals surface area contributed by atoms with Gasteiger partial charge in [-0.15, -0.1) is 0 Å². The van der Waals surface area contributed by atoms with Crippen LogP contribution in [0.1, 0.15) is 79.0 Å². The van der Waals surface area contributed by atoms with E-state index in [4.69, 9.17) is 39.9 Å². The van der Waals surface area contributed by atoms with Crippen molar-refractivity contribution in [1.29, 1.82) is 0 Å². The molecule has 10 nitrogen and oxygen atoms in total.